The van der Waals surface area contributed by atoms with Gasteiger partial charge in [-0.05, 0) is 23.0 Å². The number of hydrogen-bond donors (Lipinski definition) is 3. The molecule has 1 aromatic heterocycles. The molecule has 12 heavy (non-hydrogen) atoms. The lowest BCUT2D eigenvalue weighted by Gasteiger charge is -1.99. The largest absolute Gasteiger partial charge is 0.489 e. The predicted molar refractivity (Wildman–Crippen MR) is 54.5 cm³/mol. The molecule has 0 bridgehead atoms. The van der Waals surface area contributed by atoms with Crippen molar-refractivity contribution in [3.63, 3.8) is 0 Å². The molecule has 0 aliphatic carbocycles. The van der Waals surface area contributed by atoms with Crippen LogP contribution in [-0.4, -0.2) is 22.2 Å². The molecule has 1 heterocycles. The number of aromatic nitrogens is 1. The highest BCUT2D eigenvalue weighted by Crippen LogP contribution is 2.08. The van der Waals surface area contributed by atoms with E-state index in [-0.39, 0.29) is 4.28 Å². The Kier molecular flexibility index (Phi) is 1.64. The zero-order chi connectivity index (χ0) is 8.55. The summed E-state index contributed by atoms with van der Waals surface area (Å²) in [6, 6.07) is 7.19. The summed E-state index contributed by atoms with van der Waals surface area (Å²) in [5.41, 5.74) is 1.45. The van der Waals surface area contributed by atoms with Crippen LogP contribution in [-0.2, 0) is 0 Å². The summed E-state index contributed by atoms with van der Waals surface area (Å²) >= 11 is 0. The first-order chi connectivity index (χ1) is 5.79. The fraction of sp³-hybridized carbons (Fsp3) is 0. The summed E-state index contributed by atoms with van der Waals surface area (Å²) in [5, 5.41) is 18.8. The van der Waals surface area contributed by atoms with E-state index in [1.54, 1.807) is 18.3 Å². The van der Waals surface area contributed by atoms with Crippen molar-refractivity contribution in [2.75, 3.05) is 0 Å². The van der Waals surface area contributed by atoms with E-state index in [0.717, 1.165) is 10.9 Å². The van der Waals surface area contributed by atoms with Crippen molar-refractivity contribution in [3.8, 4) is 0 Å². The molecule has 0 radical (unpaired) electrons. The number of H-pyrrole nitrogens is 1. The summed E-state index contributed by atoms with van der Waals surface area (Å²) in [6.07, 6.45) is 1.77. The van der Waals surface area contributed by atoms with Crippen LogP contribution >= 0.6 is 0 Å². The average Bonchev–Trinajstić information content (AvgIpc) is 2.49. The van der Waals surface area contributed by atoms with Crippen molar-refractivity contribution >= 4 is 23.5 Å². The maximum absolute atomic E-state index is 8.98. The number of nitrogens with one attached hydrogen (secondary N) is 1. The van der Waals surface area contributed by atoms with Crippen molar-refractivity contribution in [3.05, 3.63) is 30.5 Å². The second kappa shape index (κ2) is 2.66. The lowest BCUT2D eigenvalue weighted by molar-refractivity contribution is 0.426. The van der Waals surface area contributed by atoms with Crippen LogP contribution in [0, 0.1) is 0 Å². The van der Waals surface area contributed by atoms with Gasteiger partial charge in [-0.15, -0.1) is 0 Å². The first-order valence-electron chi connectivity index (χ1n) is 3.71. The maximum Gasteiger partial charge on any atom is 0.489 e. The van der Waals surface area contributed by atoms with Crippen molar-refractivity contribution < 1.29 is 14.3 Å². The molecule has 0 spiro atoms. The van der Waals surface area contributed by atoms with E-state index in [1.807, 2.05) is 12.1 Å². The van der Waals surface area contributed by atoms with E-state index in [1.165, 1.54) is 0 Å². The van der Waals surface area contributed by atoms with E-state index >= 15 is 0 Å². The SMILES string of the molecule is OB(O)c1cccc2[nH]ccc12.[HH].[HH].[HH]. The summed E-state index contributed by atoms with van der Waals surface area (Å²) < 4.78 is 0. The lowest BCUT2D eigenvalue weighted by atomic mass is 9.78. The van der Waals surface area contributed by atoms with Crippen molar-refractivity contribution in [1.29, 1.82) is 0 Å². The van der Waals surface area contributed by atoms with Crippen LogP contribution < -0.4 is 5.46 Å². The molecule has 0 unspecified atom stereocenters. The molecule has 0 aliphatic heterocycles. The molecule has 0 saturated heterocycles. The van der Waals surface area contributed by atoms with Gasteiger partial charge in [-0.25, -0.2) is 0 Å². The predicted octanol–water partition coefficient (Wildman–Crippen LogP) is 0.586. The summed E-state index contributed by atoms with van der Waals surface area (Å²) in [4.78, 5) is 2.99. The highest BCUT2D eigenvalue weighted by Gasteiger charge is 2.13. The Labute approximate surface area is 74.3 Å². The maximum atomic E-state index is 8.98. The second-order valence-corrected chi connectivity index (χ2v) is 2.66. The van der Waals surface area contributed by atoms with Gasteiger partial charge in [-0.3, -0.25) is 0 Å². The molecule has 2 aromatic rings. The van der Waals surface area contributed by atoms with Gasteiger partial charge in [0.1, 0.15) is 0 Å². The molecule has 0 saturated carbocycles. The Bertz CT molecular complexity index is 407. The number of hydrogen-bond acceptors (Lipinski definition) is 2. The van der Waals surface area contributed by atoms with Crippen LogP contribution in [0.4, 0.5) is 0 Å². The van der Waals surface area contributed by atoms with E-state index in [2.05, 4.69) is 4.98 Å². The van der Waals surface area contributed by atoms with Gasteiger partial charge < -0.3 is 15.0 Å². The van der Waals surface area contributed by atoms with E-state index in [4.69, 9.17) is 10.0 Å². The molecule has 0 aliphatic rings. The molecule has 0 amide bonds. The molecule has 66 valence electrons. The molecule has 0 atom stereocenters. The Morgan fingerprint density at radius 2 is 2.08 bits per heavy atom. The topological polar surface area (TPSA) is 56.2 Å². The quantitative estimate of drug-likeness (QED) is 0.544. The minimum absolute atomic E-state index is 0. The van der Waals surface area contributed by atoms with Gasteiger partial charge in [0.15, 0.2) is 0 Å². The summed E-state index contributed by atoms with van der Waals surface area (Å²) in [6.45, 7) is 0. The first kappa shape index (κ1) is 7.40. The first-order valence-corrected chi connectivity index (χ1v) is 3.71. The van der Waals surface area contributed by atoms with Gasteiger partial charge in [0.25, 0.3) is 0 Å². The van der Waals surface area contributed by atoms with Crippen LogP contribution in [0.3, 0.4) is 0 Å². The smallest absolute Gasteiger partial charge is 0.423 e. The minimum Gasteiger partial charge on any atom is -0.423 e. The Morgan fingerprint density at radius 3 is 2.83 bits per heavy atom. The Hall–Kier alpha value is -1.26. The zero-order valence-electron chi connectivity index (χ0n) is 6.36. The molecule has 3 N–H and O–H groups in total. The van der Waals surface area contributed by atoms with Crippen LogP contribution in [0.5, 0.6) is 0 Å². The van der Waals surface area contributed by atoms with Crippen LogP contribution in [0.15, 0.2) is 30.5 Å². The molecular formula is C8H14BNO2. The molecule has 4 heteroatoms. The number of aromatic amines is 1. The van der Waals surface area contributed by atoms with Gasteiger partial charge in [0.05, 0.1) is 0 Å². The Balaban J connectivity index is 0. The van der Waals surface area contributed by atoms with Crippen molar-refractivity contribution in [2.24, 2.45) is 0 Å². The third-order valence-electron chi connectivity index (χ3n) is 1.91. The van der Waals surface area contributed by atoms with Crippen LogP contribution in [0.1, 0.15) is 4.28 Å². The van der Waals surface area contributed by atoms with Gasteiger partial charge in [-0.1, -0.05) is 12.1 Å². The minimum atomic E-state index is -1.40. The summed E-state index contributed by atoms with van der Waals surface area (Å²) in [5.74, 6) is 0. The van der Waals surface area contributed by atoms with Crippen LogP contribution in [0.2, 0.25) is 0 Å². The molecule has 2 rings (SSSR count). The van der Waals surface area contributed by atoms with Gasteiger partial charge >= 0.3 is 7.12 Å². The highest BCUT2D eigenvalue weighted by molar-refractivity contribution is 6.61. The number of rotatable bonds is 1. The van der Waals surface area contributed by atoms with Crippen molar-refractivity contribution in [2.45, 2.75) is 0 Å². The molecule has 1 aromatic carbocycles. The molecule has 0 fully saturated rings. The second-order valence-electron chi connectivity index (χ2n) is 2.66. The fourth-order valence-electron chi connectivity index (χ4n) is 1.33. The summed E-state index contributed by atoms with van der Waals surface area (Å²) in [7, 11) is -1.40. The van der Waals surface area contributed by atoms with Gasteiger partial charge in [0.2, 0.25) is 0 Å². The van der Waals surface area contributed by atoms with E-state index in [0.29, 0.717) is 5.46 Å². The molecule has 3 nitrogen and oxygen atoms in total. The highest BCUT2D eigenvalue weighted by atomic mass is 16.4. The number of benzene rings is 1. The van der Waals surface area contributed by atoms with Crippen LogP contribution in [0.25, 0.3) is 10.9 Å². The van der Waals surface area contributed by atoms with Crippen molar-refractivity contribution in [1.82, 2.24) is 4.98 Å². The number of fused-ring (bicyclic) bond motifs is 1. The van der Waals surface area contributed by atoms with E-state index < -0.39 is 7.12 Å². The molecular weight excluding hydrogens is 153 g/mol. The Morgan fingerprint density at radius 1 is 1.25 bits per heavy atom. The normalized spacial score (nSPS) is 10.5. The fourth-order valence-corrected chi connectivity index (χ4v) is 1.33. The van der Waals surface area contributed by atoms with Gasteiger partial charge in [0, 0.05) is 16.0 Å². The van der Waals surface area contributed by atoms with Gasteiger partial charge in [-0.2, -0.15) is 0 Å². The monoisotopic (exact) mass is 167 g/mol. The zero-order valence-corrected chi connectivity index (χ0v) is 6.36. The average molecular weight is 167 g/mol. The third kappa shape index (κ3) is 1.01. The third-order valence-corrected chi connectivity index (χ3v) is 1.91. The van der Waals surface area contributed by atoms with E-state index in [9.17, 15) is 0 Å². The lowest BCUT2D eigenvalue weighted by Crippen LogP contribution is -2.29. The standard InChI is InChI=1S/C8H8BNO2.3H2/c11-9(12)7-2-1-3-8-6(7)4-5-10-8;;;/h1-5,10-12H;3*1H.